The third-order valence-electron chi connectivity index (χ3n) is 2.80. The third kappa shape index (κ3) is 6.96. The first-order valence-electron chi connectivity index (χ1n) is 7.10. The molecule has 2 rings (SSSR count). The Hall–Kier alpha value is -2.36. The summed E-state index contributed by atoms with van der Waals surface area (Å²) >= 11 is 0.284. The molecule has 2 aromatic rings. The van der Waals surface area contributed by atoms with Gasteiger partial charge in [0, 0.05) is 0 Å². The maximum atomic E-state index is 11.6. The van der Waals surface area contributed by atoms with Crippen molar-refractivity contribution in [3.05, 3.63) is 78.4 Å². The number of alkyl carbamates (subject to hydrolysis) is 1. The van der Waals surface area contributed by atoms with Crippen molar-refractivity contribution in [2.75, 3.05) is 0 Å². The molecule has 0 spiro atoms. The van der Waals surface area contributed by atoms with Gasteiger partial charge in [0.05, 0.1) is 0 Å². The minimum atomic E-state index is -0.739. The van der Waals surface area contributed by atoms with E-state index in [-0.39, 0.29) is 21.6 Å². The van der Waals surface area contributed by atoms with E-state index in [1.54, 1.807) is 6.08 Å². The molecule has 0 aliphatic heterocycles. The summed E-state index contributed by atoms with van der Waals surface area (Å²) in [5.74, 6) is -0.466. The summed E-state index contributed by atoms with van der Waals surface area (Å²) in [6.45, 7) is 0.140. The van der Waals surface area contributed by atoms with E-state index in [0.717, 1.165) is 10.9 Å². The molecular weight excluding hydrogens is 357 g/mol. The van der Waals surface area contributed by atoms with Crippen molar-refractivity contribution in [1.29, 1.82) is 0 Å². The van der Waals surface area contributed by atoms with Gasteiger partial charge in [-0.3, -0.25) is 0 Å². The average molecular weight is 374 g/mol. The van der Waals surface area contributed by atoms with Gasteiger partial charge in [-0.2, -0.15) is 0 Å². The Labute approximate surface area is 141 Å². The van der Waals surface area contributed by atoms with Crippen molar-refractivity contribution in [3.63, 3.8) is 0 Å². The molecule has 2 amide bonds. The molecule has 23 heavy (non-hydrogen) atoms. The molecule has 0 saturated carbocycles. The summed E-state index contributed by atoms with van der Waals surface area (Å²) < 4.78 is 6.24. The predicted octanol–water partition coefficient (Wildman–Crippen LogP) is 2.44. The number of nitrogens with one attached hydrogen (secondary N) is 1. The van der Waals surface area contributed by atoms with E-state index in [4.69, 9.17) is 4.74 Å². The van der Waals surface area contributed by atoms with Crippen LogP contribution in [0.1, 0.15) is 5.56 Å². The van der Waals surface area contributed by atoms with Crippen LogP contribution < -0.4 is 9.78 Å². The van der Waals surface area contributed by atoms with Crippen LogP contribution in [0.3, 0.4) is 0 Å². The fourth-order valence-corrected chi connectivity index (χ4v) is 3.26. The van der Waals surface area contributed by atoms with E-state index in [2.05, 4.69) is 17.4 Å². The number of hydrogen-bond donors (Lipinski definition) is 1. The second kappa shape index (κ2) is 9.61. The van der Waals surface area contributed by atoms with Gasteiger partial charge in [0.1, 0.15) is 0 Å². The Morgan fingerprint density at radius 3 is 2.35 bits per heavy atom. The number of ether oxygens (including phenoxy) is 1. The molecule has 0 unspecified atom stereocenters. The van der Waals surface area contributed by atoms with E-state index >= 15 is 0 Å². The van der Waals surface area contributed by atoms with E-state index in [0.29, 0.717) is 0 Å². The van der Waals surface area contributed by atoms with Crippen LogP contribution in [0.5, 0.6) is 0 Å². The first-order valence-corrected chi connectivity index (χ1v) is 9.17. The molecule has 0 saturated heterocycles. The molecule has 0 aliphatic carbocycles. The van der Waals surface area contributed by atoms with E-state index in [9.17, 15) is 9.59 Å². The Bertz CT molecular complexity index is 656. The summed E-state index contributed by atoms with van der Waals surface area (Å²) in [6.07, 6.45) is 2.40. The van der Waals surface area contributed by atoms with Gasteiger partial charge in [-0.1, -0.05) is 0 Å². The van der Waals surface area contributed by atoms with Crippen molar-refractivity contribution >= 4 is 31.4 Å². The zero-order chi connectivity index (χ0) is 16.3. The number of rotatable bonds is 6. The SMILES string of the molecule is O=C(/C=C/C[Se]c1ccccc1)NC(=O)OCc1ccccc1. The first-order chi connectivity index (χ1) is 11.2. The van der Waals surface area contributed by atoms with Crippen molar-refractivity contribution in [2.24, 2.45) is 0 Å². The van der Waals surface area contributed by atoms with Crippen LogP contribution in [-0.2, 0) is 16.1 Å². The van der Waals surface area contributed by atoms with Gasteiger partial charge in [0.2, 0.25) is 0 Å². The van der Waals surface area contributed by atoms with E-state index in [1.165, 1.54) is 10.5 Å². The van der Waals surface area contributed by atoms with Gasteiger partial charge >= 0.3 is 141 Å². The van der Waals surface area contributed by atoms with Gasteiger partial charge in [0.25, 0.3) is 0 Å². The quantitative estimate of drug-likeness (QED) is 0.624. The third-order valence-corrected chi connectivity index (χ3v) is 4.82. The number of carbonyl (C=O) groups is 2. The summed E-state index contributed by atoms with van der Waals surface area (Å²) in [5, 5.41) is 2.96. The Morgan fingerprint density at radius 2 is 1.65 bits per heavy atom. The van der Waals surface area contributed by atoms with Gasteiger partial charge in [-0.15, -0.1) is 0 Å². The number of hydrogen-bond acceptors (Lipinski definition) is 3. The molecule has 2 aromatic carbocycles. The molecular formula is C18H17NO3Se. The van der Waals surface area contributed by atoms with Gasteiger partial charge < -0.3 is 0 Å². The van der Waals surface area contributed by atoms with Gasteiger partial charge in [-0.25, -0.2) is 0 Å². The molecule has 0 aromatic heterocycles. The predicted molar refractivity (Wildman–Crippen MR) is 90.5 cm³/mol. The van der Waals surface area contributed by atoms with Crippen molar-refractivity contribution in [3.8, 4) is 0 Å². The fraction of sp³-hybridized carbons (Fsp3) is 0.111. The Balaban J connectivity index is 1.65. The standard InChI is InChI=1S/C18H17NO3Se/c20-17(12-7-13-23-16-10-5-2-6-11-16)19-18(21)22-14-15-8-3-1-4-9-15/h1-12H,13-14H2,(H,19,20,21)/b12-7+. The molecule has 0 aliphatic rings. The monoisotopic (exact) mass is 375 g/mol. The van der Waals surface area contributed by atoms with Crippen LogP contribution in [0.25, 0.3) is 0 Å². The topological polar surface area (TPSA) is 55.4 Å². The van der Waals surface area contributed by atoms with Crippen LogP contribution in [0.4, 0.5) is 4.79 Å². The number of carbonyl (C=O) groups excluding carboxylic acids is 2. The number of allylic oxidation sites excluding steroid dienone is 1. The van der Waals surface area contributed by atoms with Gasteiger partial charge in [0.15, 0.2) is 0 Å². The van der Waals surface area contributed by atoms with Crippen molar-refractivity contribution in [2.45, 2.75) is 11.9 Å². The van der Waals surface area contributed by atoms with Crippen LogP contribution in [-0.4, -0.2) is 27.0 Å². The van der Waals surface area contributed by atoms with E-state index < -0.39 is 12.0 Å². The number of amides is 2. The summed E-state index contributed by atoms with van der Waals surface area (Å²) in [7, 11) is 0. The second-order valence-electron chi connectivity index (χ2n) is 4.58. The number of imide groups is 1. The molecule has 118 valence electrons. The second-order valence-corrected chi connectivity index (χ2v) is 6.87. The Morgan fingerprint density at radius 1 is 1.00 bits per heavy atom. The molecule has 0 radical (unpaired) electrons. The Kier molecular flexibility index (Phi) is 7.11. The first kappa shape index (κ1) is 17.0. The molecule has 0 fully saturated rings. The van der Waals surface area contributed by atoms with E-state index in [1.807, 2.05) is 48.5 Å². The van der Waals surface area contributed by atoms with Crippen LogP contribution in [0, 0.1) is 0 Å². The number of benzene rings is 2. The maximum absolute atomic E-state index is 11.6. The fourth-order valence-electron chi connectivity index (χ4n) is 1.72. The average Bonchev–Trinajstić information content (AvgIpc) is 2.59. The zero-order valence-electron chi connectivity index (χ0n) is 12.5. The molecule has 0 bridgehead atoms. The summed E-state index contributed by atoms with van der Waals surface area (Å²) in [4.78, 5) is 23.1. The summed E-state index contributed by atoms with van der Waals surface area (Å²) in [5.41, 5.74) is 0.871. The van der Waals surface area contributed by atoms with Crippen molar-refractivity contribution in [1.82, 2.24) is 5.32 Å². The van der Waals surface area contributed by atoms with Crippen LogP contribution in [0.2, 0.25) is 5.32 Å². The molecule has 1 N–H and O–H groups in total. The van der Waals surface area contributed by atoms with Crippen LogP contribution in [0.15, 0.2) is 72.8 Å². The molecule has 5 heteroatoms. The summed E-state index contributed by atoms with van der Waals surface area (Å²) in [6, 6.07) is 19.4. The molecule has 0 heterocycles. The molecule has 4 nitrogen and oxygen atoms in total. The normalized spacial score (nSPS) is 10.4. The zero-order valence-corrected chi connectivity index (χ0v) is 14.2. The van der Waals surface area contributed by atoms with Gasteiger partial charge in [-0.05, 0) is 0 Å². The minimum absolute atomic E-state index is 0.140. The molecule has 0 atom stereocenters. The van der Waals surface area contributed by atoms with Crippen molar-refractivity contribution < 1.29 is 14.3 Å². The van der Waals surface area contributed by atoms with Crippen LogP contribution >= 0.6 is 0 Å².